The first kappa shape index (κ1) is 34.8. The van der Waals surface area contributed by atoms with Crippen LogP contribution in [0.3, 0.4) is 0 Å². The molecule has 0 saturated carbocycles. The number of thiazole rings is 1. The van der Waals surface area contributed by atoms with Gasteiger partial charge >= 0.3 is 12.2 Å². The van der Waals surface area contributed by atoms with Gasteiger partial charge in [0.25, 0.3) is 11.8 Å². The van der Waals surface area contributed by atoms with Crippen molar-refractivity contribution >= 4 is 35.0 Å². The van der Waals surface area contributed by atoms with E-state index in [9.17, 15) is 27.6 Å². The number of ether oxygens (including phenoxy) is 1. The highest BCUT2D eigenvalue weighted by molar-refractivity contribution is 7.13. The normalized spacial score (nSPS) is 12.2. The average molecular weight is 649 g/mol. The van der Waals surface area contributed by atoms with Gasteiger partial charge in [0, 0.05) is 47.2 Å². The molecular weight excluding hydrogens is 613 g/mol. The second-order valence-corrected chi connectivity index (χ2v) is 11.9. The summed E-state index contributed by atoms with van der Waals surface area (Å²) in [7, 11) is 0. The zero-order valence-corrected chi connectivity index (χ0v) is 26.4. The Morgan fingerprint density at radius 2 is 1.76 bits per heavy atom. The van der Waals surface area contributed by atoms with E-state index in [4.69, 9.17) is 4.74 Å². The minimum Gasteiger partial charge on any atom is -0.474 e. The van der Waals surface area contributed by atoms with E-state index in [0.29, 0.717) is 17.7 Å². The molecule has 4 amide bonds. The van der Waals surface area contributed by atoms with Crippen molar-refractivity contribution < 1.29 is 32.3 Å². The molecule has 0 spiro atoms. The number of amides is 4. The number of hydrogen-bond acceptors (Lipinski definition) is 9. The molecule has 0 radical (unpaired) electrons. The Labute approximate surface area is 262 Å². The Kier molecular flexibility index (Phi) is 11.1. The molecule has 242 valence electrons. The highest BCUT2D eigenvalue weighted by atomic mass is 32.1. The largest absolute Gasteiger partial charge is 0.474 e. The lowest BCUT2D eigenvalue weighted by molar-refractivity contribution is -0.140. The third-order valence-corrected chi connectivity index (χ3v) is 6.69. The van der Waals surface area contributed by atoms with Crippen molar-refractivity contribution in [3.8, 4) is 21.7 Å². The molecule has 0 aliphatic rings. The third-order valence-electron chi connectivity index (χ3n) is 5.81. The van der Waals surface area contributed by atoms with Crippen molar-refractivity contribution in [2.24, 2.45) is 5.92 Å². The number of anilines is 1. The van der Waals surface area contributed by atoms with Crippen LogP contribution in [0.1, 0.15) is 57.6 Å². The van der Waals surface area contributed by atoms with Crippen LogP contribution >= 0.6 is 11.3 Å². The van der Waals surface area contributed by atoms with Crippen molar-refractivity contribution in [1.82, 2.24) is 36.4 Å². The standard InChI is InChI=1S/C29H35F3N8O4S/c1-8-34-27(43)38-22-10-19(26-37-21(14-45-26)29(30,31)32)20(13-35-22)17-9-18(12-33-11-17)24(41)39-40-25(42)23(15(2)3)36-16(4)44-28(5,6)7/h9-15,23,36H,4,8H2,1-3,5-7H3,(H,39,41)(H,40,42)(H2,34,35,38,43)/t23-/m1/s1. The quantitative estimate of drug-likeness (QED) is 0.150. The fourth-order valence-electron chi connectivity index (χ4n) is 3.87. The number of halogens is 3. The van der Waals surface area contributed by atoms with E-state index < -0.39 is 41.4 Å². The minimum absolute atomic E-state index is 0.00467. The number of rotatable bonds is 10. The molecule has 0 aromatic carbocycles. The molecule has 3 heterocycles. The highest BCUT2D eigenvalue weighted by Crippen LogP contribution is 2.38. The summed E-state index contributed by atoms with van der Waals surface area (Å²) in [6.07, 6.45) is -0.682. The van der Waals surface area contributed by atoms with Crippen molar-refractivity contribution in [1.29, 1.82) is 0 Å². The number of nitrogens with zero attached hydrogens (tertiary/aromatic N) is 3. The number of urea groups is 1. The topological polar surface area (TPSA) is 159 Å². The first-order chi connectivity index (χ1) is 21.0. The number of aromatic nitrogens is 3. The molecule has 16 heteroatoms. The molecule has 0 aliphatic heterocycles. The van der Waals surface area contributed by atoms with Gasteiger partial charge in [-0.3, -0.25) is 30.7 Å². The number of pyridine rings is 2. The Morgan fingerprint density at radius 1 is 1.04 bits per heavy atom. The van der Waals surface area contributed by atoms with Gasteiger partial charge in [-0.2, -0.15) is 13.2 Å². The van der Waals surface area contributed by atoms with Crippen molar-refractivity contribution in [2.75, 3.05) is 11.9 Å². The van der Waals surface area contributed by atoms with Gasteiger partial charge in [0.1, 0.15) is 22.5 Å². The van der Waals surface area contributed by atoms with Crippen LogP contribution in [0.4, 0.5) is 23.8 Å². The maximum Gasteiger partial charge on any atom is 0.434 e. The molecule has 3 aromatic rings. The maximum atomic E-state index is 13.3. The molecule has 0 aliphatic carbocycles. The summed E-state index contributed by atoms with van der Waals surface area (Å²) in [5.74, 6) is -1.20. The van der Waals surface area contributed by atoms with Crippen LogP contribution in [-0.4, -0.2) is 51.0 Å². The number of hydrogen-bond donors (Lipinski definition) is 5. The summed E-state index contributed by atoms with van der Waals surface area (Å²) in [6.45, 7) is 15.0. The minimum atomic E-state index is -4.66. The monoisotopic (exact) mass is 648 g/mol. The first-order valence-electron chi connectivity index (χ1n) is 13.8. The summed E-state index contributed by atoms with van der Waals surface area (Å²) < 4.78 is 45.7. The third kappa shape index (κ3) is 9.89. The summed E-state index contributed by atoms with van der Waals surface area (Å²) in [5.41, 5.74) is 3.99. The van der Waals surface area contributed by atoms with Crippen LogP contribution in [0.5, 0.6) is 0 Å². The van der Waals surface area contributed by atoms with E-state index in [1.807, 2.05) is 20.8 Å². The summed E-state index contributed by atoms with van der Waals surface area (Å²) in [5, 5.41) is 8.87. The molecule has 3 aromatic heterocycles. The molecule has 0 unspecified atom stereocenters. The number of nitrogens with one attached hydrogen (secondary N) is 5. The van der Waals surface area contributed by atoms with Gasteiger partial charge in [0.15, 0.2) is 11.6 Å². The number of carbonyl (C=O) groups excluding carboxylic acids is 3. The van der Waals surface area contributed by atoms with E-state index in [-0.39, 0.29) is 33.8 Å². The second kappa shape index (κ2) is 14.4. The molecular formula is C29H35F3N8O4S. The zero-order valence-electron chi connectivity index (χ0n) is 25.5. The predicted octanol–water partition coefficient (Wildman–Crippen LogP) is 5.09. The van der Waals surface area contributed by atoms with Gasteiger partial charge in [0.05, 0.1) is 5.56 Å². The number of hydrazine groups is 1. The lowest BCUT2D eigenvalue weighted by Gasteiger charge is -2.28. The lowest BCUT2D eigenvalue weighted by Crippen LogP contribution is -2.53. The van der Waals surface area contributed by atoms with Gasteiger partial charge in [-0.25, -0.2) is 14.8 Å². The predicted molar refractivity (Wildman–Crippen MR) is 164 cm³/mol. The Morgan fingerprint density at radius 3 is 2.36 bits per heavy atom. The maximum absolute atomic E-state index is 13.3. The molecule has 45 heavy (non-hydrogen) atoms. The lowest BCUT2D eigenvalue weighted by atomic mass is 10.0. The van der Waals surface area contributed by atoms with Gasteiger partial charge in [-0.1, -0.05) is 13.8 Å². The Bertz CT molecular complexity index is 1550. The van der Waals surface area contributed by atoms with Gasteiger partial charge in [-0.15, -0.1) is 11.3 Å². The van der Waals surface area contributed by atoms with Crippen LogP contribution in [0, 0.1) is 5.92 Å². The molecule has 12 nitrogen and oxygen atoms in total. The zero-order chi connectivity index (χ0) is 33.5. The van der Waals surface area contributed by atoms with E-state index in [0.717, 1.165) is 16.7 Å². The van der Waals surface area contributed by atoms with E-state index in [1.54, 1.807) is 20.8 Å². The molecule has 0 bridgehead atoms. The van der Waals surface area contributed by atoms with Crippen molar-refractivity contribution in [2.45, 2.75) is 59.4 Å². The molecule has 3 rings (SSSR count). The fourth-order valence-corrected chi connectivity index (χ4v) is 4.72. The van der Waals surface area contributed by atoms with Crippen LogP contribution in [0.15, 0.2) is 48.6 Å². The first-order valence-corrected chi connectivity index (χ1v) is 14.6. The fraction of sp³-hybridized carbons (Fsp3) is 0.379. The Balaban J connectivity index is 1.86. The van der Waals surface area contributed by atoms with E-state index in [2.05, 4.69) is 48.3 Å². The number of carbonyl (C=O) groups is 3. The van der Waals surface area contributed by atoms with Crippen molar-refractivity contribution in [3.05, 3.63) is 59.8 Å². The smallest absolute Gasteiger partial charge is 0.434 e. The van der Waals surface area contributed by atoms with Crippen molar-refractivity contribution in [3.63, 3.8) is 0 Å². The highest BCUT2D eigenvalue weighted by Gasteiger charge is 2.34. The van der Waals surface area contributed by atoms with E-state index in [1.165, 1.54) is 30.7 Å². The van der Waals surface area contributed by atoms with Gasteiger partial charge < -0.3 is 15.4 Å². The SMILES string of the molecule is C=C(N[C@@H](C(=O)NNC(=O)c1cncc(-c2cnc(NC(=O)NCC)cc2-c2nc(C(F)(F)F)cs2)c1)C(C)C)OC(C)(C)C. The molecule has 0 saturated heterocycles. The molecule has 0 fully saturated rings. The second-order valence-electron chi connectivity index (χ2n) is 11.0. The molecule has 1 atom stereocenters. The summed E-state index contributed by atoms with van der Waals surface area (Å²) >= 11 is 0.754. The van der Waals surface area contributed by atoms with Crippen LogP contribution in [0.2, 0.25) is 0 Å². The van der Waals surface area contributed by atoms with Gasteiger partial charge in [0.2, 0.25) is 0 Å². The number of alkyl halides is 3. The summed E-state index contributed by atoms with van der Waals surface area (Å²) in [4.78, 5) is 50.0. The molecule has 5 N–H and O–H groups in total. The van der Waals surface area contributed by atoms with E-state index >= 15 is 0 Å². The van der Waals surface area contributed by atoms with Crippen LogP contribution in [-0.2, 0) is 15.7 Å². The van der Waals surface area contributed by atoms with Gasteiger partial charge in [-0.05, 0) is 52.3 Å². The average Bonchev–Trinajstić information content (AvgIpc) is 3.45. The Hall–Kier alpha value is -4.73. The van der Waals surface area contributed by atoms with Crippen LogP contribution < -0.4 is 26.8 Å². The summed E-state index contributed by atoms with van der Waals surface area (Å²) in [6, 6.07) is 1.47. The van der Waals surface area contributed by atoms with Crippen LogP contribution in [0.25, 0.3) is 21.7 Å².